The zero-order valence-corrected chi connectivity index (χ0v) is 15.8. The van der Waals surface area contributed by atoms with Crippen LogP contribution in [-0.2, 0) is 0 Å². The van der Waals surface area contributed by atoms with Crippen molar-refractivity contribution in [3.63, 3.8) is 0 Å². The Balaban J connectivity index is 1.69. The Hall–Kier alpha value is -3.15. The fourth-order valence-corrected chi connectivity index (χ4v) is 2.50. The van der Waals surface area contributed by atoms with E-state index in [1.807, 2.05) is 38.1 Å². The van der Waals surface area contributed by atoms with Crippen LogP contribution in [0.15, 0.2) is 46.9 Å². The van der Waals surface area contributed by atoms with Gasteiger partial charge in [-0.1, -0.05) is 30.6 Å². The van der Waals surface area contributed by atoms with Gasteiger partial charge >= 0.3 is 6.01 Å². The number of hydrogen-bond acceptors (Lipinski definition) is 5. The number of amides is 1. The van der Waals surface area contributed by atoms with Gasteiger partial charge in [-0.2, -0.15) is 0 Å². The second-order valence-electron chi connectivity index (χ2n) is 6.40. The van der Waals surface area contributed by atoms with Crippen molar-refractivity contribution < 1.29 is 13.9 Å². The number of aryl methyl sites for hydroxylation is 2. The molecule has 0 bridgehead atoms. The molecule has 140 valence electrons. The van der Waals surface area contributed by atoms with E-state index in [2.05, 4.69) is 22.4 Å². The van der Waals surface area contributed by atoms with Gasteiger partial charge in [0.2, 0.25) is 5.89 Å². The van der Waals surface area contributed by atoms with Crippen LogP contribution >= 0.6 is 0 Å². The zero-order valence-electron chi connectivity index (χ0n) is 15.8. The fourth-order valence-electron chi connectivity index (χ4n) is 2.50. The van der Waals surface area contributed by atoms with E-state index in [9.17, 15) is 4.79 Å². The summed E-state index contributed by atoms with van der Waals surface area (Å²) in [6.07, 6.45) is 2.03. The number of anilines is 1. The Morgan fingerprint density at radius 2 is 1.96 bits per heavy atom. The molecule has 0 fully saturated rings. The molecule has 1 N–H and O–H groups in total. The molecule has 0 aliphatic rings. The lowest BCUT2D eigenvalue weighted by molar-refractivity contribution is 0.102. The third-order valence-electron chi connectivity index (χ3n) is 4.26. The summed E-state index contributed by atoms with van der Waals surface area (Å²) in [4.78, 5) is 12.4. The minimum absolute atomic E-state index is 0.0607. The largest absolute Gasteiger partial charge is 0.494 e. The Labute approximate surface area is 158 Å². The standard InChI is InChI=1S/C21H23N3O3/c1-4-5-11-26-18-8-6-7-16(13-18)19(25)22-21-24-23-20(27-21)17-10-9-14(2)15(3)12-17/h6-10,12-13H,4-5,11H2,1-3H3,(H,22,24,25). The molecule has 3 rings (SSSR count). The van der Waals surface area contributed by atoms with Crippen molar-refractivity contribution in [3.05, 3.63) is 59.2 Å². The van der Waals surface area contributed by atoms with Gasteiger partial charge in [-0.25, -0.2) is 0 Å². The van der Waals surface area contributed by atoms with Crippen LogP contribution < -0.4 is 10.1 Å². The van der Waals surface area contributed by atoms with Gasteiger partial charge in [0.05, 0.1) is 6.61 Å². The minimum Gasteiger partial charge on any atom is -0.494 e. The summed E-state index contributed by atoms with van der Waals surface area (Å²) < 4.78 is 11.2. The maximum absolute atomic E-state index is 12.4. The van der Waals surface area contributed by atoms with Crippen LogP contribution in [0.1, 0.15) is 41.3 Å². The summed E-state index contributed by atoms with van der Waals surface area (Å²) >= 11 is 0. The third-order valence-corrected chi connectivity index (χ3v) is 4.26. The lowest BCUT2D eigenvalue weighted by Gasteiger charge is -2.07. The van der Waals surface area contributed by atoms with Gasteiger partial charge in [0.15, 0.2) is 0 Å². The second-order valence-corrected chi connectivity index (χ2v) is 6.40. The van der Waals surface area contributed by atoms with E-state index in [-0.39, 0.29) is 11.9 Å². The van der Waals surface area contributed by atoms with Crippen LogP contribution in [0.4, 0.5) is 6.01 Å². The Morgan fingerprint density at radius 1 is 1.11 bits per heavy atom. The Bertz CT molecular complexity index is 934. The van der Waals surface area contributed by atoms with Crippen molar-refractivity contribution in [2.45, 2.75) is 33.6 Å². The molecule has 1 heterocycles. The van der Waals surface area contributed by atoms with E-state index in [0.29, 0.717) is 23.8 Å². The Morgan fingerprint density at radius 3 is 2.74 bits per heavy atom. The number of rotatable bonds is 7. The molecule has 0 radical (unpaired) electrons. The van der Waals surface area contributed by atoms with Crippen LogP contribution in [0.3, 0.4) is 0 Å². The first kappa shape index (κ1) is 18.6. The van der Waals surface area contributed by atoms with E-state index in [0.717, 1.165) is 24.0 Å². The smallest absolute Gasteiger partial charge is 0.322 e. The highest BCUT2D eigenvalue weighted by Gasteiger charge is 2.14. The van der Waals surface area contributed by atoms with Crippen LogP contribution in [0.2, 0.25) is 0 Å². The normalized spacial score (nSPS) is 10.6. The van der Waals surface area contributed by atoms with Crippen LogP contribution in [0.5, 0.6) is 5.75 Å². The van der Waals surface area contributed by atoms with Gasteiger partial charge in [-0.05, 0) is 61.7 Å². The summed E-state index contributed by atoms with van der Waals surface area (Å²) in [7, 11) is 0. The number of unbranched alkanes of at least 4 members (excludes halogenated alkanes) is 1. The lowest BCUT2D eigenvalue weighted by atomic mass is 10.1. The number of nitrogens with zero attached hydrogens (tertiary/aromatic N) is 2. The van der Waals surface area contributed by atoms with E-state index in [1.54, 1.807) is 18.2 Å². The molecule has 0 atom stereocenters. The van der Waals surface area contributed by atoms with Gasteiger partial charge in [-0.3, -0.25) is 10.1 Å². The molecule has 0 aliphatic heterocycles. The molecule has 6 nitrogen and oxygen atoms in total. The molecule has 1 amide bonds. The SMILES string of the molecule is CCCCOc1cccc(C(=O)Nc2nnc(-c3ccc(C)c(C)c3)o2)c1. The highest BCUT2D eigenvalue weighted by atomic mass is 16.5. The van der Waals surface area contributed by atoms with Crippen LogP contribution in [0.25, 0.3) is 11.5 Å². The Kier molecular flexibility index (Phi) is 5.86. The molecule has 0 saturated heterocycles. The number of nitrogens with one attached hydrogen (secondary N) is 1. The lowest BCUT2D eigenvalue weighted by Crippen LogP contribution is -2.12. The summed E-state index contributed by atoms with van der Waals surface area (Å²) in [6, 6.07) is 13.0. The number of carbonyl (C=O) groups excluding carboxylic acids is 1. The van der Waals surface area contributed by atoms with Crippen molar-refractivity contribution in [2.24, 2.45) is 0 Å². The molecule has 0 spiro atoms. The third kappa shape index (κ3) is 4.73. The molecule has 1 aromatic heterocycles. The number of ether oxygens (including phenoxy) is 1. The molecule has 0 aliphatic carbocycles. The van der Waals surface area contributed by atoms with E-state index >= 15 is 0 Å². The fraction of sp³-hybridized carbons (Fsp3) is 0.286. The monoisotopic (exact) mass is 365 g/mol. The molecule has 0 saturated carbocycles. The minimum atomic E-state index is -0.328. The van der Waals surface area contributed by atoms with E-state index < -0.39 is 0 Å². The first-order chi connectivity index (χ1) is 13.1. The molecular weight excluding hydrogens is 342 g/mol. The first-order valence-corrected chi connectivity index (χ1v) is 9.02. The van der Waals surface area contributed by atoms with Crippen LogP contribution in [-0.4, -0.2) is 22.7 Å². The number of benzene rings is 2. The maximum atomic E-state index is 12.4. The maximum Gasteiger partial charge on any atom is 0.322 e. The average Bonchev–Trinajstić information content (AvgIpc) is 3.13. The number of hydrogen-bond donors (Lipinski definition) is 1. The van der Waals surface area contributed by atoms with Gasteiger partial charge in [0, 0.05) is 11.1 Å². The van der Waals surface area contributed by atoms with E-state index in [4.69, 9.17) is 9.15 Å². The number of aromatic nitrogens is 2. The van der Waals surface area contributed by atoms with E-state index in [1.165, 1.54) is 5.56 Å². The summed E-state index contributed by atoms with van der Waals surface area (Å²) in [5.41, 5.74) is 3.61. The summed E-state index contributed by atoms with van der Waals surface area (Å²) in [5.74, 6) is 0.703. The topological polar surface area (TPSA) is 77.2 Å². The summed E-state index contributed by atoms with van der Waals surface area (Å²) in [5, 5.41) is 10.6. The second kappa shape index (κ2) is 8.49. The first-order valence-electron chi connectivity index (χ1n) is 9.02. The van der Waals surface area contributed by atoms with Crippen molar-refractivity contribution in [3.8, 4) is 17.2 Å². The highest BCUT2D eigenvalue weighted by molar-refractivity contribution is 6.03. The van der Waals surface area contributed by atoms with Gasteiger partial charge in [-0.15, -0.1) is 5.10 Å². The highest BCUT2D eigenvalue weighted by Crippen LogP contribution is 2.23. The molecular formula is C21H23N3O3. The summed E-state index contributed by atoms with van der Waals surface area (Å²) in [6.45, 7) is 6.79. The van der Waals surface area contributed by atoms with Crippen molar-refractivity contribution in [1.29, 1.82) is 0 Å². The average molecular weight is 365 g/mol. The predicted molar refractivity (Wildman–Crippen MR) is 104 cm³/mol. The molecule has 27 heavy (non-hydrogen) atoms. The molecule has 2 aromatic carbocycles. The zero-order chi connectivity index (χ0) is 19.2. The van der Waals surface area contributed by atoms with Crippen molar-refractivity contribution in [2.75, 3.05) is 11.9 Å². The number of carbonyl (C=O) groups is 1. The van der Waals surface area contributed by atoms with Crippen LogP contribution in [0, 0.1) is 13.8 Å². The van der Waals surface area contributed by atoms with Crippen molar-refractivity contribution >= 4 is 11.9 Å². The molecule has 3 aromatic rings. The van der Waals surface area contributed by atoms with Gasteiger partial charge in [0.25, 0.3) is 5.91 Å². The quantitative estimate of drug-likeness (QED) is 0.609. The van der Waals surface area contributed by atoms with Crippen molar-refractivity contribution in [1.82, 2.24) is 10.2 Å². The predicted octanol–water partition coefficient (Wildman–Crippen LogP) is 4.78. The van der Waals surface area contributed by atoms with Gasteiger partial charge < -0.3 is 9.15 Å². The molecule has 0 unspecified atom stereocenters. The van der Waals surface area contributed by atoms with Gasteiger partial charge in [0.1, 0.15) is 5.75 Å². The molecule has 6 heteroatoms.